The van der Waals surface area contributed by atoms with Crippen molar-refractivity contribution < 1.29 is 22.4 Å². The summed E-state index contributed by atoms with van der Waals surface area (Å²) in [5.41, 5.74) is 0.416. The number of ketones is 1. The van der Waals surface area contributed by atoms with Crippen LogP contribution in [-0.4, -0.2) is 20.1 Å². The molecule has 5 nitrogen and oxygen atoms in total. The lowest BCUT2D eigenvalue weighted by Crippen LogP contribution is -2.49. The van der Waals surface area contributed by atoms with E-state index in [9.17, 15) is 22.4 Å². The second kappa shape index (κ2) is 7.95. The number of carbonyl (C=O) groups is 2. The Balaban J connectivity index is 1.70. The lowest BCUT2D eigenvalue weighted by atomic mass is 9.71. The van der Waals surface area contributed by atoms with Gasteiger partial charge in [0.1, 0.15) is 5.82 Å². The fourth-order valence-electron chi connectivity index (χ4n) is 5.92. The Morgan fingerprint density at radius 1 is 0.838 bits per heavy atom. The number of fused-ring (bicyclic) bond motifs is 3. The smallest absolute Gasteiger partial charge is 0.270 e. The van der Waals surface area contributed by atoms with Gasteiger partial charge in [-0.05, 0) is 72.5 Å². The van der Waals surface area contributed by atoms with Crippen LogP contribution in [0, 0.1) is 16.6 Å². The van der Waals surface area contributed by atoms with E-state index in [2.05, 4.69) is 0 Å². The normalized spacial score (nSPS) is 21.9. The summed E-state index contributed by atoms with van der Waals surface area (Å²) in [6.45, 7) is 1.71. The molecule has 1 unspecified atom stereocenters. The molecule has 0 N–H and O–H groups in total. The average Bonchev–Trinajstić information content (AvgIpc) is 3.17. The Kier molecular flexibility index (Phi) is 5.01. The Hall–Kier alpha value is -4.10. The fraction of sp³-hybridized carbons (Fsp3) is 0.133. The standard InChI is InChI=1S/C30H22FNO4S/c1-29-19-30(16-14-22(33)15-17-30)26(20-8-4-2-5-9-20)27(29)24-18-21(31)12-13-25(24)32(28(29)34)37(35,36)23-10-6-3-7-11-23/h2-18H,19H2,1H3. The van der Waals surface area contributed by atoms with Crippen molar-refractivity contribution in [2.24, 2.45) is 10.8 Å². The maximum Gasteiger partial charge on any atom is 0.270 e. The summed E-state index contributed by atoms with van der Waals surface area (Å²) in [7, 11) is -4.30. The first kappa shape index (κ1) is 23.3. The molecule has 7 heteroatoms. The molecule has 1 amide bonds. The highest BCUT2D eigenvalue weighted by Gasteiger charge is 2.60. The molecular formula is C30H22FNO4S. The summed E-state index contributed by atoms with van der Waals surface area (Å²) >= 11 is 0. The summed E-state index contributed by atoms with van der Waals surface area (Å²) in [5, 5.41) is 0. The van der Waals surface area contributed by atoms with Gasteiger partial charge >= 0.3 is 0 Å². The minimum Gasteiger partial charge on any atom is -0.290 e. The van der Waals surface area contributed by atoms with Gasteiger partial charge in [-0.15, -0.1) is 0 Å². The number of halogens is 1. The minimum atomic E-state index is -4.30. The molecule has 1 heterocycles. The molecule has 1 aliphatic heterocycles. The summed E-state index contributed by atoms with van der Waals surface area (Å²) in [6, 6.07) is 21.0. The first-order valence-electron chi connectivity index (χ1n) is 11.9. The molecule has 37 heavy (non-hydrogen) atoms. The van der Waals surface area contributed by atoms with E-state index in [1.54, 1.807) is 37.3 Å². The molecule has 0 radical (unpaired) electrons. The van der Waals surface area contributed by atoms with Crippen molar-refractivity contribution in [2.75, 3.05) is 4.31 Å². The summed E-state index contributed by atoms with van der Waals surface area (Å²) in [5.74, 6) is -1.33. The molecule has 0 saturated carbocycles. The number of sulfonamides is 1. The number of anilines is 1. The highest BCUT2D eigenvalue weighted by atomic mass is 32.2. The van der Waals surface area contributed by atoms with Crippen LogP contribution in [0.5, 0.6) is 0 Å². The van der Waals surface area contributed by atoms with E-state index < -0.39 is 32.6 Å². The molecule has 0 fully saturated rings. The van der Waals surface area contributed by atoms with Gasteiger partial charge in [0.05, 0.1) is 16.0 Å². The van der Waals surface area contributed by atoms with E-state index in [0.29, 0.717) is 11.1 Å². The number of rotatable bonds is 3. The first-order chi connectivity index (χ1) is 17.7. The molecule has 6 rings (SSSR count). The van der Waals surface area contributed by atoms with Crippen molar-refractivity contribution in [1.82, 2.24) is 0 Å². The Morgan fingerprint density at radius 3 is 2.11 bits per heavy atom. The van der Waals surface area contributed by atoms with Crippen molar-refractivity contribution in [2.45, 2.75) is 18.2 Å². The van der Waals surface area contributed by atoms with Crippen molar-refractivity contribution in [3.8, 4) is 0 Å². The van der Waals surface area contributed by atoms with Gasteiger partial charge in [0.25, 0.3) is 15.9 Å². The molecule has 3 aromatic carbocycles. The number of benzene rings is 3. The van der Waals surface area contributed by atoms with Gasteiger partial charge in [-0.2, -0.15) is 0 Å². The molecule has 0 aromatic heterocycles. The molecule has 1 spiro atoms. The van der Waals surface area contributed by atoms with E-state index in [4.69, 9.17) is 0 Å². The largest absolute Gasteiger partial charge is 0.290 e. The SMILES string of the molecule is CC12CC3(C=CC(=O)C=C3)C(c3ccccc3)=C1c1cc(F)ccc1N(S(=O)(=O)c1ccccc1)C2=O. The maximum absolute atomic E-state index is 14.8. The summed E-state index contributed by atoms with van der Waals surface area (Å²) in [6.07, 6.45) is 6.68. The number of hydrogen-bond donors (Lipinski definition) is 0. The Bertz CT molecular complexity index is 1660. The van der Waals surface area contributed by atoms with E-state index in [0.717, 1.165) is 21.5 Å². The zero-order valence-corrected chi connectivity index (χ0v) is 20.7. The average molecular weight is 512 g/mol. The van der Waals surface area contributed by atoms with E-state index in [-0.39, 0.29) is 22.8 Å². The van der Waals surface area contributed by atoms with Crippen LogP contribution in [0.25, 0.3) is 11.1 Å². The highest BCUT2D eigenvalue weighted by Crippen LogP contribution is 2.66. The van der Waals surface area contributed by atoms with E-state index in [1.165, 1.54) is 36.4 Å². The van der Waals surface area contributed by atoms with Crippen LogP contribution >= 0.6 is 0 Å². The first-order valence-corrected chi connectivity index (χ1v) is 13.3. The fourth-order valence-corrected chi connectivity index (χ4v) is 7.47. The lowest BCUT2D eigenvalue weighted by Gasteiger charge is -2.40. The van der Waals surface area contributed by atoms with Crippen molar-refractivity contribution >= 4 is 38.5 Å². The Morgan fingerprint density at radius 2 is 1.46 bits per heavy atom. The molecule has 1 atom stereocenters. The van der Waals surface area contributed by atoms with Crippen LogP contribution in [0.3, 0.4) is 0 Å². The number of allylic oxidation sites excluding steroid dienone is 5. The van der Waals surface area contributed by atoms with Crippen LogP contribution in [0.15, 0.2) is 108 Å². The third-order valence-corrected chi connectivity index (χ3v) is 9.16. The number of nitrogens with zero attached hydrogens (tertiary/aromatic N) is 1. The van der Waals surface area contributed by atoms with E-state index in [1.807, 2.05) is 30.3 Å². The van der Waals surface area contributed by atoms with Gasteiger partial charge in [-0.3, -0.25) is 9.59 Å². The minimum absolute atomic E-state index is 0.0336. The van der Waals surface area contributed by atoms with Gasteiger partial charge in [0, 0.05) is 11.0 Å². The summed E-state index contributed by atoms with van der Waals surface area (Å²) in [4.78, 5) is 26.4. The van der Waals surface area contributed by atoms with Crippen LogP contribution in [0.4, 0.5) is 10.1 Å². The van der Waals surface area contributed by atoms with Gasteiger partial charge in [-0.1, -0.05) is 60.7 Å². The molecule has 2 aliphatic carbocycles. The summed E-state index contributed by atoms with van der Waals surface area (Å²) < 4.78 is 43.3. The van der Waals surface area contributed by atoms with Crippen molar-refractivity contribution in [3.63, 3.8) is 0 Å². The van der Waals surface area contributed by atoms with Crippen LogP contribution in [0.1, 0.15) is 24.5 Å². The molecule has 184 valence electrons. The highest BCUT2D eigenvalue weighted by molar-refractivity contribution is 7.93. The molecule has 0 saturated heterocycles. The lowest BCUT2D eigenvalue weighted by molar-refractivity contribution is -0.124. The molecule has 0 bridgehead atoms. The second-order valence-corrected chi connectivity index (χ2v) is 11.6. The zero-order chi connectivity index (χ0) is 26.0. The van der Waals surface area contributed by atoms with Gasteiger partial charge in [0.2, 0.25) is 0 Å². The van der Waals surface area contributed by atoms with E-state index >= 15 is 0 Å². The van der Waals surface area contributed by atoms with Crippen molar-refractivity contribution in [1.29, 1.82) is 0 Å². The predicted molar refractivity (Wildman–Crippen MR) is 139 cm³/mol. The molecule has 3 aromatic rings. The third kappa shape index (κ3) is 3.30. The number of hydrogen-bond acceptors (Lipinski definition) is 4. The molecule has 3 aliphatic rings. The monoisotopic (exact) mass is 511 g/mol. The van der Waals surface area contributed by atoms with Crippen LogP contribution in [0.2, 0.25) is 0 Å². The topological polar surface area (TPSA) is 71.5 Å². The second-order valence-electron chi connectivity index (χ2n) is 9.78. The van der Waals surface area contributed by atoms with Gasteiger partial charge < -0.3 is 0 Å². The third-order valence-electron chi connectivity index (χ3n) is 7.45. The number of amides is 1. The van der Waals surface area contributed by atoms with Crippen molar-refractivity contribution in [3.05, 3.63) is 120 Å². The quantitative estimate of drug-likeness (QED) is 0.461. The van der Waals surface area contributed by atoms with Crippen LogP contribution in [-0.2, 0) is 19.6 Å². The predicted octanol–water partition coefficient (Wildman–Crippen LogP) is 5.56. The Labute approximate surface area is 214 Å². The maximum atomic E-state index is 14.8. The van der Waals surface area contributed by atoms with Gasteiger partial charge in [-0.25, -0.2) is 17.1 Å². The van der Waals surface area contributed by atoms with Gasteiger partial charge in [0.15, 0.2) is 5.78 Å². The molecular weight excluding hydrogens is 489 g/mol. The number of carbonyl (C=O) groups excluding carboxylic acids is 2. The van der Waals surface area contributed by atoms with Crippen LogP contribution < -0.4 is 4.31 Å². The zero-order valence-electron chi connectivity index (χ0n) is 19.9.